The first kappa shape index (κ1) is 16.1. The summed E-state index contributed by atoms with van der Waals surface area (Å²) in [6.45, 7) is 5.75. The molecule has 0 radical (unpaired) electrons. The lowest BCUT2D eigenvalue weighted by Gasteiger charge is -2.35. The number of carbonyl (C=O) groups is 2. The van der Waals surface area contributed by atoms with Gasteiger partial charge in [0.2, 0.25) is 0 Å². The highest BCUT2D eigenvalue weighted by atomic mass is 16.4. The van der Waals surface area contributed by atoms with Gasteiger partial charge in [0.05, 0.1) is 5.52 Å². The average Bonchev–Trinajstić information content (AvgIpc) is 2.92. The minimum Gasteiger partial charge on any atom is -0.408 e. The molecule has 24 heavy (non-hydrogen) atoms. The Morgan fingerprint density at radius 3 is 2.50 bits per heavy atom. The van der Waals surface area contributed by atoms with Crippen LogP contribution in [-0.2, 0) is 0 Å². The molecule has 2 heterocycles. The SMILES string of the molecule is CC(C)NC(=O)N1CCN(C(=O)c2ccc3[nH]c(=O)oc3c2)CC1. The van der Waals surface area contributed by atoms with E-state index in [0.717, 1.165) is 0 Å². The van der Waals surface area contributed by atoms with E-state index in [1.807, 2.05) is 13.8 Å². The molecule has 1 aliphatic heterocycles. The Labute approximate surface area is 138 Å². The van der Waals surface area contributed by atoms with Crippen molar-refractivity contribution in [1.29, 1.82) is 0 Å². The van der Waals surface area contributed by atoms with Gasteiger partial charge in [-0.15, -0.1) is 0 Å². The van der Waals surface area contributed by atoms with E-state index < -0.39 is 5.76 Å². The fourth-order valence-corrected chi connectivity index (χ4v) is 2.71. The van der Waals surface area contributed by atoms with E-state index in [-0.39, 0.29) is 18.0 Å². The van der Waals surface area contributed by atoms with Crippen LogP contribution in [-0.4, -0.2) is 58.9 Å². The van der Waals surface area contributed by atoms with Gasteiger partial charge < -0.3 is 19.5 Å². The quantitative estimate of drug-likeness (QED) is 0.857. The fraction of sp³-hybridized carbons (Fsp3) is 0.438. The first-order valence-electron chi connectivity index (χ1n) is 7.91. The summed E-state index contributed by atoms with van der Waals surface area (Å²) in [7, 11) is 0. The fourth-order valence-electron chi connectivity index (χ4n) is 2.71. The summed E-state index contributed by atoms with van der Waals surface area (Å²) in [6, 6.07) is 4.86. The number of aromatic nitrogens is 1. The van der Waals surface area contributed by atoms with Gasteiger partial charge in [0.15, 0.2) is 5.58 Å². The first-order valence-corrected chi connectivity index (χ1v) is 7.91. The highest BCUT2D eigenvalue weighted by Gasteiger charge is 2.25. The Balaban J connectivity index is 1.65. The van der Waals surface area contributed by atoms with Gasteiger partial charge in [0, 0.05) is 37.8 Å². The monoisotopic (exact) mass is 332 g/mol. The third-order valence-corrected chi connectivity index (χ3v) is 3.93. The number of rotatable bonds is 2. The number of urea groups is 1. The van der Waals surface area contributed by atoms with Crippen LogP contribution in [0.15, 0.2) is 27.4 Å². The molecule has 3 amide bonds. The maximum Gasteiger partial charge on any atom is 0.417 e. The molecular formula is C16H20N4O4. The number of carbonyl (C=O) groups excluding carboxylic acids is 2. The number of H-pyrrole nitrogens is 1. The third kappa shape index (κ3) is 3.27. The molecule has 0 unspecified atom stereocenters. The van der Waals surface area contributed by atoms with Crippen LogP contribution in [0.5, 0.6) is 0 Å². The van der Waals surface area contributed by atoms with Gasteiger partial charge in [0.1, 0.15) is 0 Å². The van der Waals surface area contributed by atoms with Crippen molar-refractivity contribution in [2.24, 2.45) is 0 Å². The van der Waals surface area contributed by atoms with Gasteiger partial charge in [-0.2, -0.15) is 0 Å². The van der Waals surface area contributed by atoms with Crippen LogP contribution in [0.4, 0.5) is 4.79 Å². The van der Waals surface area contributed by atoms with Gasteiger partial charge in [-0.25, -0.2) is 9.59 Å². The Morgan fingerprint density at radius 2 is 1.83 bits per heavy atom. The molecule has 1 aliphatic rings. The Morgan fingerprint density at radius 1 is 1.17 bits per heavy atom. The van der Waals surface area contributed by atoms with E-state index in [2.05, 4.69) is 10.3 Å². The molecule has 1 aromatic carbocycles. The summed E-state index contributed by atoms with van der Waals surface area (Å²) in [5.74, 6) is -0.677. The smallest absolute Gasteiger partial charge is 0.408 e. The molecule has 8 nitrogen and oxygen atoms in total. The maximum atomic E-state index is 12.6. The number of piperazine rings is 1. The van der Waals surface area contributed by atoms with E-state index >= 15 is 0 Å². The molecule has 0 saturated carbocycles. The molecule has 0 aliphatic carbocycles. The summed E-state index contributed by atoms with van der Waals surface area (Å²) >= 11 is 0. The number of amides is 3. The van der Waals surface area contributed by atoms with Crippen molar-refractivity contribution in [2.75, 3.05) is 26.2 Å². The molecule has 128 valence electrons. The van der Waals surface area contributed by atoms with Gasteiger partial charge in [0.25, 0.3) is 5.91 Å². The van der Waals surface area contributed by atoms with E-state index in [1.165, 1.54) is 0 Å². The average molecular weight is 332 g/mol. The number of hydrogen-bond donors (Lipinski definition) is 2. The van der Waals surface area contributed by atoms with Crippen molar-refractivity contribution >= 4 is 23.0 Å². The minimum atomic E-state index is -0.542. The number of hydrogen-bond acceptors (Lipinski definition) is 4. The lowest BCUT2D eigenvalue weighted by molar-refractivity contribution is 0.0664. The predicted molar refractivity (Wildman–Crippen MR) is 88.0 cm³/mol. The zero-order valence-electron chi connectivity index (χ0n) is 13.7. The van der Waals surface area contributed by atoms with Crippen LogP contribution in [0.2, 0.25) is 0 Å². The van der Waals surface area contributed by atoms with Crippen LogP contribution in [0.25, 0.3) is 11.1 Å². The molecule has 1 aromatic heterocycles. The van der Waals surface area contributed by atoms with E-state index in [0.29, 0.717) is 42.8 Å². The molecule has 0 spiro atoms. The van der Waals surface area contributed by atoms with E-state index in [1.54, 1.807) is 28.0 Å². The molecule has 2 N–H and O–H groups in total. The molecule has 1 saturated heterocycles. The highest BCUT2D eigenvalue weighted by molar-refractivity contribution is 5.97. The summed E-state index contributed by atoms with van der Waals surface area (Å²) < 4.78 is 4.99. The van der Waals surface area contributed by atoms with Crippen LogP contribution < -0.4 is 11.1 Å². The van der Waals surface area contributed by atoms with Gasteiger partial charge in [-0.05, 0) is 32.0 Å². The zero-order valence-corrected chi connectivity index (χ0v) is 13.7. The lowest BCUT2D eigenvalue weighted by atomic mass is 10.1. The Bertz CT molecular complexity index is 815. The van der Waals surface area contributed by atoms with Crippen molar-refractivity contribution in [2.45, 2.75) is 19.9 Å². The minimum absolute atomic E-state index is 0.0832. The number of benzene rings is 1. The first-order chi connectivity index (χ1) is 11.4. The zero-order chi connectivity index (χ0) is 17.3. The number of oxazole rings is 1. The van der Waals surface area contributed by atoms with Gasteiger partial charge in [-0.3, -0.25) is 9.78 Å². The molecular weight excluding hydrogens is 312 g/mol. The number of fused-ring (bicyclic) bond motifs is 1. The van der Waals surface area contributed by atoms with Gasteiger partial charge >= 0.3 is 11.8 Å². The second kappa shape index (κ2) is 6.38. The summed E-state index contributed by atoms with van der Waals surface area (Å²) in [5.41, 5.74) is 1.39. The topological polar surface area (TPSA) is 98.6 Å². The van der Waals surface area contributed by atoms with Crippen molar-refractivity contribution in [3.05, 3.63) is 34.3 Å². The van der Waals surface area contributed by atoms with Crippen molar-refractivity contribution < 1.29 is 14.0 Å². The Hall–Kier alpha value is -2.77. The molecule has 2 aromatic rings. The van der Waals surface area contributed by atoms with Crippen LogP contribution in [0.3, 0.4) is 0 Å². The third-order valence-electron chi connectivity index (χ3n) is 3.93. The Kier molecular flexibility index (Phi) is 4.28. The number of aromatic amines is 1. The predicted octanol–water partition coefficient (Wildman–Crippen LogP) is 0.997. The second-order valence-corrected chi connectivity index (χ2v) is 6.11. The highest BCUT2D eigenvalue weighted by Crippen LogP contribution is 2.15. The molecule has 8 heteroatoms. The maximum absolute atomic E-state index is 12.6. The second-order valence-electron chi connectivity index (χ2n) is 6.11. The summed E-state index contributed by atoms with van der Waals surface area (Å²) in [6.07, 6.45) is 0. The lowest BCUT2D eigenvalue weighted by Crippen LogP contribution is -2.54. The van der Waals surface area contributed by atoms with Crippen molar-refractivity contribution in [3.8, 4) is 0 Å². The van der Waals surface area contributed by atoms with Crippen molar-refractivity contribution in [3.63, 3.8) is 0 Å². The van der Waals surface area contributed by atoms with Crippen LogP contribution >= 0.6 is 0 Å². The largest absolute Gasteiger partial charge is 0.417 e. The molecule has 0 atom stereocenters. The van der Waals surface area contributed by atoms with Gasteiger partial charge in [-0.1, -0.05) is 0 Å². The summed E-state index contributed by atoms with van der Waals surface area (Å²) in [5, 5.41) is 2.85. The van der Waals surface area contributed by atoms with Crippen LogP contribution in [0, 0.1) is 0 Å². The normalized spacial score (nSPS) is 15.1. The van der Waals surface area contributed by atoms with E-state index in [4.69, 9.17) is 4.42 Å². The standard InChI is InChI=1S/C16H20N4O4/c1-10(2)17-15(22)20-7-5-19(6-8-20)14(21)11-3-4-12-13(9-11)24-16(23)18-12/h3-4,9-10H,5-8H2,1-2H3,(H,17,22)(H,18,23). The number of nitrogens with one attached hydrogen (secondary N) is 2. The van der Waals surface area contributed by atoms with Crippen molar-refractivity contribution in [1.82, 2.24) is 20.1 Å². The van der Waals surface area contributed by atoms with E-state index in [9.17, 15) is 14.4 Å². The molecule has 0 bridgehead atoms. The summed E-state index contributed by atoms with van der Waals surface area (Å²) in [4.78, 5) is 41.7. The van der Waals surface area contributed by atoms with Crippen LogP contribution in [0.1, 0.15) is 24.2 Å². The number of nitrogens with zero attached hydrogens (tertiary/aromatic N) is 2. The molecule has 1 fully saturated rings. The molecule has 3 rings (SSSR count).